The van der Waals surface area contributed by atoms with E-state index in [4.69, 9.17) is 4.74 Å². The lowest BCUT2D eigenvalue weighted by atomic mass is 9.92. The van der Waals surface area contributed by atoms with Crippen molar-refractivity contribution in [2.24, 2.45) is 11.8 Å². The lowest BCUT2D eigenvalue weighted by molar-refractivity contribution is -0.143. The van der Waals surface area contributed by atoms with Gasteiger partial charge in [0.05, 0.1) is 18.9 Å². The van der Waals surface area contributed by atoms with Gasteiger partial charge in [0, 0.05) is 26.1 Å². The standard InChI is InChI=1S/C19H33N3O4/c1-2-26-18(24)9-12-21-19(25)16-4-3-13-22(14-16)17(23)6-5-15-7-10-20-11-8-15/h15-16,20H,2-14H2,1H3,(H,21,25)/t16-/m1/s1. The average Bonchev–Trinajstić information content (AvgIpc) is 2.67. The summed E-state index contributed by atoms with van der Waals surface area (Å²) in [6.45, 7) is 5.75. The fraction of sp³-hybridized carbons (Fsp3) is 0.842. The molecule has 148 valence electrons. The van der Waals surface area contributed by atoms with E-state index in [-0.39, 0.29) is 36.7 Å². The lowest BCUT2D eigenvalue weighted by Gasteiger charge is -2.32. The van der Waals surface area contributed by atoms with Crippen molar-refractivity contribution < 1.29 is 19.1 Å². The third-order valence-corrected chi connectivity index (χ3v) is 5.30. The minimum absolute atomic E-state index is 0.0647. The zero-order chi connectivity index (χ0) is 18.8. The van der Waals surface area contributed by atoms with Crippen molar-refractivity contribution >= 4 is 17.8 Å². The van der Waals surface area contributed by atoms with Crippen LogP contribution in [0.25, 0.3) is 0 Å². The SMILES string of the molecule is CCOC(=O)CCNC(=O)[C@@H]1CCCN(C(=O)CCC2CCNCC2)C1. The fourth-order valence-corrected chi connectivity index (χ4v) is 3.74. The molecule has 0 bridgehead atoms. The molecule has 2 heterocycles. The lowest BCUT2D eigenvalue weighted by Crippen LogP contribution is -2.45. The minimum Gasteiger partial charge on any atom is -0.466 e. The predicted octanol–water partition coefficient (Wildman–Crippen LogP) is 1.07. The van der Waals surface area contributed by atoms with Crippen LogP contribution >= 0.6 is 0 Å². The van der Waals surface area contributed by atoms with E-state index >= 15 is 0 Å². The highest BCUT2D eigenvalue weighted by atomic mass is 16.5. The Balaban J connectivity index is 1.68. The maximum Gasteiger partial charge on any atom is 0.307 e. The van der Waals surface area contributed by atoms with Gasteiger partial charge in [0.15, 0.2) is 0 Å². The molecule has 7 heteroatoms. The number of hydrogen-bond donors (Lipinski definition) is 2. The Morgan fingerprint density at radius 1 is 1.15 bits per heavy atom. The van der Waals surface area contributed by atoms with Crippen LogP contribution < -0.4 is 10.6 Å². The first-order valence-electron chi connectivity index (χ1n) is 10.0. The minimum atomic E-state index is -0.300. The molecule has 0 aromatic heterocycles. The molecule has 2 amide bonds. The second-order valence-electron chi connectivity index (χ2n) is 7.26. The molecule has 0 saturated carbocycles. The van der Waals surface area contributed by atoms with Crippen molar-refractivity contribution in [2.45, 2.75) is 51.9 Å². The predicted molar refractivity (Wildman–Crippen MR) is 98.4 cm³/mol. The quantitative estimate of drug-likeness (QED) is 0.627. The first-order valence-corrected chi connectivity index (χ1v) is 10.0. The van der Waals surface area contributed by atoms with E-state index in [1.807, 2.05) is 4.90 Å². The maximum absolute atomic E-state index is 12.5. The van der Waals surface area contributed by atoms with Gasteiger partial charge >= 0.3 is 5.97 Å². The van der Waals surface area contributed by atoms with Gasteiger partial charge in [-0.1, -0.05) is 0 Å². The number of carbonyl (C=O) groups is 3. The normalized spacial score (nSPS) is 21.3. The summed E-state index contributed by atoms with van der Waals surface area (Å²) < 4.78 is 4.85. The molecular formula is C19H33N3O4. The van der Waals surface area contributed by atoms with Crippen LogP contribution in [0.15, 0.2) is 0 Å². The summed E-state index contributed by atoms with van der Waals surface area (Å²) in [5.74, 6) is 0.282. The molecule has 2 fully saturated rings. The van der Waals surface area contributed by atoms with Crippen molar-refractivity contribution in [3.05, 3.63) is 0 Å². The summed E-state index contributed by atoms with van der Waals surface area (Å²) >= 11 is 0. The van der Waals surface area contributed by atoms with Gasteiger partial charge in [0.25, 0.3) is 0 Å². The summed E-state index contributed by atoms with van der Waals surface area (Å²) in [6, 6.07) is 0. The molecule has 0 radical (unpaired) electrons. The van der Waals surface area contributed by atoms with Crippen LogP contribution in [-0.4, -0.2) is 62.0 Å². The van der Waals surface area contributed by atoms with E-state index in [1.54, 1.807) is 6.92 Å². The number of amides is 2. The van der Waals surface area contributed by atoms with Gasteiger partial charge in [0.1, 0.15) is 0 Å². The number of nitrogens with one attached hydrogen (secondary N) is 2. The van der Waals surface area contributed by atoms with Crippen LogP contribution in [0, 0.1) is 11.8 Å². The molecule has 2 saturated heterocycles. The zero-order valence-electron chi connectivity index (χ0n) is 15.9. The van der Waals surface area contributed by atoms with Gasteiger partial charge in [-0.15, -0.1) is 0 Å². The third-order valence-electron chi connectivity index (χ3n) is 5.30. The number of likely N-dealkylation sites (tertiary alicyclic amines) is 1. The van der Waals surface area contributed by atoms with Crippen molar-refractivity contribution in [1.29, 1.82) is 0 Å². The number of rotatable bonds is 8. The molecule has 0 aliphatic carbocycles. The second kappa shape index (κ2) is 11.2. The number of carbonyl (C=O) groups excluding carboxylic acids is 3. The van der Waals surface area contributed by atoms with Gasteiger partial charge in [-0.3, -0.25) is 14.4 Å². The smallest absolute Gasteiger partial charge is 0.307 e. The van der Waals surface area contributed by atoms with Crippen LogP contribution in [0.1, 0.15) is 51.9 Å². The Hall–Kier alpha value is -1.63. The molecule has 2 aliphatic heterocycles. The molecule has 26 heavy (non-hydrogen) atoms. The molecular weight excluding hydrogens is 334 g/mol. The monoisotopic (exact) mass is 367 g/mol. The van der Waals surface area contributed by atoms with E-state index in [0.717, 1.165) is 51.7 Å². The van der Waals surface area contributed by atoms with E-state index in [0.29, 0.717) is 25.5 Å². The van der Waals surface area contributed by atoms with Crippen molar-refractivity contribution in [3.63, 3.8) is 0 Å². The Kier molecular flexibility index (Phi) is 8.88. The Morgan fingerprint density at radius 3 is 2.65 bits per heavy atom. The summed E-state index contributed by atoms with van der Waals surface area (Å²) in [7, 11) is 0. The highest BCUT2D eigenvalue weighted by Gasteiger charge is 2.28. The van der Waals surface area contributed by atoms with Crippen molar-refractivity contribution in [3.8, 4) is 0 Å². The number of esters is 1. The van der Waals surface area contributed by atoms with Crippen LogP contribution in [0.2, 0.25) is 0 Å². The molecule has 0 aromatic carbocycles. The highest BCUT2D eigenvalue weighted by molar-refractivity contribution is 5.81. The molecule has 1 atom stereocenters. The molecule has 2 rings (SSSR count). The first kappa shape index (κ1) is 20.7. The maximum atomic E-state index is 12.5. The molecule has 0 aromatic rings. The van der Waals surface area contributed by atoms with Gasteiger partial charge in [0.2, 0.25) is 11.8 Å². The van der Waals surface area contributed by atoms with E-state index in [2.05, 4.69) is 10.6 Å². The summed E-state index contributed by atoms with van der Waals surface area (Å²) in [5.41, 5.74) is 0. The average molecular weight is 367 g/mol. The van der Waals surface area contributed by atoms with Crippen molar-refractivity contribution in [1.82, 2.24) is 15.5 Å². The highest BCUT2D eigenvalue weighted by Crippen LogP contribution is 2.21. The Labute approximate surface area is 156 Å². The zero-order valence-corrected chi connectivity index (χ0v) is 15.9. The molecule has 0 spiro atoms. The Morgan fingerprint density at radius 2 is 1.92 bits per heavy atom. The van der Waals surface area contributed by atoms with Gasteiger partial charge in [-0.05, 0) is 58.0 Å². The summed E-state index contributed by atoms with van der Waals surface area (Å²) in [6.07, 6.45) is 5.68. The second-order valence-corrected chi connectivity index (χ2v) is 7.26. The van der Waals surface area contributed by atoms with Gasteiger partial charge in [-0.25, -0.2) is 0 Å². The van der Waals surface area contributed by atoms with Crippen LogP contribution in [0.3, 0.4) is 0 Å². The number of ether oxygens (including phenoxy) is 1. The molecule has 2 aliphatic rings. The Bertz CT molecular complexity index is 477. The molecule has 2 N–H and O–H groups in total. The van der Waals surface area contributed by atoms with Crippen LogP contribution in [0.4, 0.5) is 0 Å². The number of nitrogens with zero attached hydrogens (tertiary/aromatic N) is 1. The number of hydrogen-bond acceptors (Lipinski definition) is 5. The summed E-state index contributed by atoms with van der Waals surface area (Å²) in [5, 5.41) is 6.15. The van der Waals surface area contributed by atoms with E-state index in [9.17, 15) is 14.4 Å². The summed E-state index contributed by atoms with van der Waals surface area (Å²) in [4.78, 5) is 38.0. The van der Waals surface area contributed by atoms with Gasteiger partial charge in [-0.2, -0.15) is 0 Å². The third kappa shape index (κ3) is 6.94. The number of piperidine rings is 2. The van der Waals surface area contributed by atoms with Crippen molar-refractivity contribution in [2.75, 3.05) is 39.3 Å². The first-order chi connectivity index (χ1) is 12.6. The largest absolute Gasteiger partial charge is 0.466 e. The molecule has 0 unspecified atom stereocenters. The van der Waals surface area contributed by atoms with Crippen LogP contribution in [0.5, 0.6) is 0 Å². The van der Waals surface area contributed by atoms with E-state index < -0.39 is 0 Å². The van der Waals surface area contributed by atoms with Crippen LogP contribution in [-0.2, 0) is 19.1 Å². The van der Waals surface area contributed by atoms with E-state index in [1.165, 1.54) is 0 Å². The molecule has 7 nitrogen and oxygen atoms in total. The fourth-order valence-electron chi connectivity index (χ4n) is 3.74. The van der Waals surface area contributed by atoms with Gasteiger partial charge < -0.3 is 20.3 Å². The topological polar surface area (TPSA) is 87.7 Å².